The third kappa shape index (κ3) is 1.28. The highest BCUT2D eigenvalue weighted by atomic mass is 35.5. The van der Waals surface area contributed by atoms with E-state index in [1.54, 1.807) is 0 Å². The average molecular weight is 167 g/mol. The minimum atomic E-state index is -0.795. The molecule has 0 aliphatic rings. The second-order valence-corrected chi connectivity index (χ2v) is 2.01. The smallest absolute Gasteiger partial charge is 0.223 e. The molecule has 0 aliphatic heterocycles. The Bertz CT molecular complexity index is 208. The van der Waals surface area contributed by atoms with Gasteiger partial charge in [-0.05, 0) is 0 Å². The van der Waals surface area contributed by atoms with Crippen molar-refractivity contribution in [2.45, 2.75) is 0 Å². The first kappa shape index (κ1) is 6.71. The van der Waals surface area contributed by atoms with E-state index in [0.29, 0.717) is 0 Å². The molecule has 0 aliphatic carbocycles. The summed E-state index contributed by atoms with van der Waals surface area (Å²) >= 11 is 10.5. The molecule has 0 fully saturated rings. The molecule has 2 nitrogen and oxygen atoms in total. The fourth-order valence-corrected chi connectivity index (χ4v) is 0.548. The fraction of sp³-hybridized carbons (Fsp3) is 0. The molecule has 0 bridgehead atoms. The van der Waals surface area contributed by atoms with Crippen molar-refractivity contribution in [3.05, 3.63) is 22.5 Å². The van der Waals surface area contributed by atoms with E-state index < -0.39 is 5.95 Å². The van der Waals surface area contributed by atoms with Gasteiger partial charge in [-0.15, -0.1) is 0 Å². The second-order valence-electron chi connectivity index (χ2n) is 1.27. The Kier molecular flexibility index (Phi) is 1.83. The zero-order chi connectivity index (χ0) is 6.85. The van der Waals surface area contributed by atoms with Crippen LogP contribution in [0.2, 0.25) is 10.2 Å². The largest absolute Gasteiger partial charge is 0.236 e. The summed E-state index contributed by atoms with van der Waals surface area (Å²) in [6.45, 7) is 0. The van der Waals surface area contributed by atoms with Gasteiger partial charge >= 0.3 is 0 Å². The molecule has 0 radical (unpaired) electrons. The van der Waals surface area contributed by atoms with E-state index in [1.165, 1.54) is 0 Å². The fourth-order valence-electron chi connectivity index (χ4n) is 0.329. The molecule has 1 heterocycles. The highest BCUT2D eigenvalue weighted by Gasteiger charge is 2.03. The normalized spacial score (nSPS) is 9.67. The van der Waals surface area contributed by atoms with E-state index >= 15 is 0 Å². The second kappa shape index (κ2) is 2.45. The van der Waals surface area contributed by atoms with Crippen LogP contribution >= 0.6 is 23.2 Å². The van der Waals surface area contributed by atoms with E-state index in [0.717, 1.165) is 6.33 Å². The molecule has 0 unspecified atom stereocenters. The Morgan fingerprint density at radius 1 is 1.33 bits per heavy atom. The minimum absolute atomic E-state index is 0.0656. The minimum Gasteiger partial charge on any atom is -0.223 e. The lowest BCUT2D eigenvalue weighted by Crippen LogP contribution is -1.86. The number of hydrogen-bond acceptors (Lipinski definition) is 2. The SMILES string of the molecule is Fc1ncnc(Cl)c1Cl. The summed E-state index contributed by atoms with van der Waals surface area (Å²) in [4.78, 5) is 6.57. The molecule has 0 aromatic carbocycles. The van der Waals surface area contributed by atoms with Crippen LogP contribution in [0.4, 0.5) is 4.39 Å². The van der Waals surface area contributed by atoms with Gasteiger partial charge in [0.1, 0.15) is 11.3 Å². The summed E-state index contributed by atoms with van der Waals surface area (Å²) in [6.07, 6.45) is 1.00. The molecule has 0 amide bonds. The van der Waals surface area contributed by atoms with Crippen LogP contribution in [0.15, 0.2) is 6.33 Å². The van der Waals surface area contributed by atoms with Crippen LogP contribution in [0.25, 0.3) is 0 Å². The highest BCUT2D eigenvalue weighted by molar-refractivity contribution is 6.41. The zero-order valence-corrected chi connectivity index (χ0v) is 5.62. The lowest BCUT2D eigenvalue weighted by molar-refractivity contribution is 0.580. The molecule has 1 aromatic heterocycles. The predicted molar refractivity (Wildman–Crippen MR) is 32.0 cm³/mol. The first-order valence-electron chi connectivity index (χ1n) is 2.03. The van der Waals surface area contributed by atoms with Gasteiger partial charge in [0.2, 0.25) is 5.95 Å². The predicted octanol–water partition coefficient (Wildman–Crippen LogP) is 1.92. The lowest BCUT2D eigenvalue weighted by atomic mass is 10.6. The van der Waals surface area contributed by atoms with Crippen LogP contribution in [0.1, 0.15) is 0 Å². The van der Waals surface area contributed by atoms with Gasteiger partial charge in [-0.2, -0.15) is 4.39 Å². The van der Waals surface area contributed by atoms with Crippen LogP contribution in [0.3, 0.4) is 0 Å². The summed E-state index contributed by atoms with van der Waals surface area (Å²) in [5.74, 6) is -0.795. The molecule has 1 rings (SSSR count). The quantitative estimate of drug-likeness (QED) is 0.551. The van der Waals surface area contributed by atoms with Gasteiger partial charge in [-0.25, -0.2) is 9.97 Å². The summed E-state index contributed by atoms with van der Waals surface area (Å²) in [5, 5.41) is -0.302. The maximum Gasteiger partial charge on any atom is 0.236 e. The molecule has 0 spiro atoms. The van der Waals surface area contributed by atoms with Gasteiger partial charge < -0.3 is 0 Å². The maximum absolute atomic E-state index is 12.2. The lowest BCUT2D eigenvalue weighted by Gasteiger charge is -1.90. The Hall–Kier alpha value is -0.410. The van der Waals surface area contributed by atoms with Crippen LogP contribution in [0, 0.1) is 5.95 Å². The Balaban J connectivity index is 3.25. The first-order chi connectivity index (χ1) is 4.22. The van der Waals surface area contributed by atoms with E-state index in [-0.39, 0.29) is 10.2 Å². The van der Waals surface area contributed by atoms with Crippen molar-refractivity contribution in [1.82, 2.24) is 9.97 Å². The number of aromatic nitrogens is 2. The summed E-state index contributed by atoms with van der Waals surface area (Å²) < 4.78 is 12.2. The highest BCUT2D eigenvalue weighted by Crippen LogP contribution is 2.19. The number of hydrogen-bond donors (Lipinski definition) is 0. The monoisotopic (exact) mass is 166 g/mol. The molecule has 9 heavy (non-hydrogen) atoms. The molecule has 1 aromatic rings. The van der Waals surface area contributed by atoms with Crippen LogP contribution in [-0.4, -0.2) is 9.97 Å². The Morgan fingerprint density at radius 2 is 2.00 bits per heavy atom. The number of rotatable bonds is 0. The van der Waals surface area contributed by atoms with Crippen molar-refractivity contribution in [3.63, 3.8) is 0 Å². The van der Waals surface area contributed by atoms with Crippen molar-refractivity contribution in [2.75, 3.05) is 0 Å². The molecular weight excluding hydrogens is 166 g/mol. The summed E-state index contributed by atoms with van der Waals surface area (Å²) in [7, 11) is 0. The average Bonchev–Trinajstić information content (AvgIpc) is 1.83. The molecular formula is C4HCl2FN2. The molecule has 0 saturated heterocycles. The van der Waals surface area contributed by atoms with Crippen LogP contribution in [0.5, 0.6) is 0 Å². The van der Waals surface area contributed by atoms with Crippen molar-refractivity contribution in [1.29, 1.82) is 0 Å². The van der Waals surface area contributed by atoms with Gasteiger partial charge in [-0.3, -0.25) is 0 Å². The standard InChI is InChI=1S/C4HCl2FN2/c5-2-3(6)8-1-9-4(2)7/h1H. The van der Waals surface area contributed by atoms with Gasteiger partial charge in [0, 0.05) is 0 Å². The van der Waals surface area contributed by atoms with Crippen molar-refractivity contribution in [2.24, 2.45) is 0 Å². The van der Waals surface area contributed by atoms with Crippen molar-refractivity contribution in [3.8, 4) is 0 Å². The zero-order valence-electron chi connectivity index (χ0n) is 4.11. The third-order valence-corrected chi connectivity index (χ3v) is 1.42. The van der Waals surface area contributed by atoms with E-state index in [4.69, 9.17) is 23.2 Å². The number of halogens is 3. The van der Waals surface area contributed by atoms with Crippen molar-refractivity contribution >= 4 is 23.2 Å². The van der Waals surface area contributed by atoms with E-state index in [2.05, 4.69) is 9.97 Å². The Labute approximate surface area is 60.6 Å². The summed E-state index contributed by atoms with van der Waals surface area (Å²) in [5.41, 5.74) is 0. The van der Waals surface area contributed by atoms with Crippen molar-refractivity contribution < 1.29 is 4.39 Å². The first-order valence-corrected chi connectivity index (χ1v) is 2.79. The maximum atomic E-state index is 12.2. The molecule has 5 heteroatoms. The van der Waals surface area contributed by atoms with Crippen LogP contribution < -0.4 is 0 Å². The van der Waals surface area contributed by atoms with Gasteiger partial charge in [0.05, 0.1) is 0 Å². The molecule has 0 saturated carbocycles. The van der Waals surface area contributed by atoms with Crippen LogP contribution in [-0.2, 0) is 0 Å². The molecule has 48 valence electrons. The molecule has 0 atom stereocenters. The Morgan fingerprint density at radius 3 is 2.44 bits per heavy atom. The number of nitrogens with zero attached hydrogens (tertiary/aromatic N) is 2. The van der Waals surface area contributed by atoms with Gasteiger partial charge in [0.15, 0.2) is 5.15 Å². The van der Waals surface area contributed by atoms with E-state index in [9.17, 15) is 4.39 Å². The topological polar surface area (TPSA) is 25.8 Å². The van der Waals surface area contributed by atoms with E-state index in [1.807, 2.05) is 0 Å². The van der Waals surface area contributed by atoms with Gasteiger partial charge in [-0.1, -0.05) is 23.2 Å². The van der Waals surface area contributed by atoms with Gasteiger partial charge in [0.25, 0.3) is 0 Å². The molecule has 0 N–H and O–H groups in total. The summed E-state index contributed by atoms with van der Waals surface area (Å²) in [6, 6.07) is 0. The third-order valence-electron chi connectivity index (χ3n) is 0.704.